The van der Waals surface area contributed by atoms with Crippen molar-refractivity contribution >= 4 is 49.7 Å². The highest BCUT2D eigenvalue weighted by Crippen LogP contribution is 2.46. The smallest absolute Gasteiger partial charge is 0.137 e. The SMILES string of the molecule is CC1C=C(c2cccc3cccc(C4CCCCC4)c23)C(N(c2ccc(C(C)(C)C)cc2)c2ccc3c(c2)oc2ccccc23)=CC1. The molecule has 1 unspecified atom stereocenters. The van der Waals surface area contributed by atoms with Crippen LogP contribution in [-0.2, 0) is 5.41 Å². The Hall–Kier alpha value is -4.56. The van der Waals surface area contributed by atoms with Crippen molar-refractivity contribution in [2.24, 2.45) is 5.92 Å². The number of nitrogens with zero attached hydrogens (tertiary/aromatic N) is 1. The van der Waals surface area contributed by atoms with Crippen LogP contribution in [0.3, 0.4) is 0 Å². The number of hydrogen-bond acceptors (Lipinski definition) is 2. The normalized spacial score (nSPS) is 17.7. The van der Waals surface area contributed by atoms with Crippen LogP contribution >= 0.6 is 0 Å². The molecule has 1 saturated carbocycles. The summed E-state index contributed by atoms with van der Waals surface area (Å²) in [6.45, 7) is 9.20. The molecule has 0 amide bonds. The second-order valence-corrected chi connectivity index (χ2v) is 14.9. The molecule has 0 N–H and O–H groups in total. The number of benzene rings is 5. The van der Waals surface area contributed by atoms with E-state index in [1.54, 1.807) is 0 Å². The van der Waals surface area contributed by atoms with Gasteiger partial charge in [-0.15, -0.1) is 0 Å². The molecule has 236 valence electrons. The molecule has 8 rings (SSSR count). The Kier molecular flexibility index (Phi) is 7.55. The van der Waals surface area contributed by atoms with Crippen LogP contribution in [0.15, 0.2) is 125 Å². The number of hydrogen-bond donors (Lipinski definition) is 0. The van der Waals surface area contributed by atoms with E-state index in [1.165, 1.54) is 70.8 Å². The summed E-state index contributed by atoms with van der Waals surface area (Å²) in [6, 6.07) is 38.2. The molecule has 1 atom stereocenters. The van der Waals surface area contributed by atoms with E-state index in [4.69, 9.17) is 4.42 Å². The summed E-state index contributed by atoms with van der Waals surface area (Å²) in [7, 11) is 0. The van der Waals surface area contributed by atoms with Gasteiger partial charge in [0.25, 0.3) is 0 Å². The lowest BCUT2D eigenvalue weighted by atomic mass is 9.79. The van der Waals surface area contributed by atoms with Gasteiger partial charge in [0.2, 0.25) is 0 Å². The zero-order chi connectivity index (χ0) is 32.1. The molecule has 0 bridgehead atoms. The molecule has 1 aromatic heterocycles. The monoisotopic (exact) mass is 615 g/mol. The number of allylic oxidation sites excluding steroid dienone is 3. The van der Waals surface area contributed by atoms with Gasteiger partial charge in [-0.25, -0.2) is 0 Å². The molecule has 2 heteroatoms. The van der Waals surface area contributed by atoms with Gasteiger partial charge in [-0.05, 0) is 94.3 Å². The predicted octanol–water partition coefficient (Wildman–Crippen LogP) is 13.2. The van der Waals surface area contributed by atoms with Crippen LogP contribution in [0.25, 0.3) is 38.3 Å². The standard InChI is InChI=1S/C45H45NO/c1-30-20-27-41(40(28-30)39-18-11-15-32-14-10-17-36(44(32)39)31-12-6-5-7-13-31)46(34-23-21-33(22-24-34)45(2,3)4)35-25-26-38-37-16-8-9-19-42(37)47-43(38)29-35/h8-11,14-19,21-31H,5-7,12-13,20H2,1-4H3. The molecule has 0 aliphatic heterocycles. The Labute approximate surface area is 279 Å². The fraction of sp³-hybridized carbons (Fsp3) is 0.289. The summed E-state index contributed by atoms with van der Waals surface area (Å²) in [4.78, 5) is 2.47. The van der Waals surface area contributed by atoms with E-state index in [2.05, 4.69) is 142 Å². The average molecular weight is 616 g/mol. The van der Waals surface area contributed by atoms with Gasteiger partial charge in [0.15, 0.2) is 0 Å². The minimum absolute atomic E-state index is 0.0830. The van der Waals surface area contributed by atoms with E-state index in [1.807, 2.05) is 6.07 Å². The second-order valence-electron chi connectivity index (χ2n) is 14.9. The van der Waals surface area contributed by atoms with Gasteiger partial charge in [0.05, 0.1) is 0 Å². The molecule has 0 saturated heterocycles. The lowest BCUT2D eigenvalue weighted by Crippen LogP contribution is -2.21. The summed E-state index contributed by atoms with van der Waals surface area (Å²) in [5.74, 6) is 1.08. The molecule has 0 spiro atoms. The van der Waals surface area contributed by atoms with E-state index in [-0.39, 0.29) is 5.41 Å². The summed E-state index contributed by atoms with van der Waals surface area (Å²) in [5, 5.41) is 5.09. The lowest BCUT2D eigenvalue weighted by Gasteiger charge is -2.34. The van der Waals surface area contributed by atoms with Crippen LogP contribution in [0.4, 0.5) is 11.4 Å². The van der Waals surface area contributed by atoms with Gasteiger partial charge < -0.3 is 9.32 Å². The van der Waals surface area contributed by atoms with Crippen LogP contribution in [-0.4, -0.2) is 0 Å². The first-order valence-electron chi connectivity index (χ1n) is 17.6. The van der Waals surface area contributed by atoms with Gasteiger partial charge in [-0.1, -0.05) is 126 Å². The first-order chi connectivity index (χ1) is 22.8. The third-order valence-corrected chi connectivity index (χ3v) is 10.5. The van der Waals surface area contributed by atoms with E-state index in [0.29, 0.717) is 11.8 Å². The summed E-state index contributed by atoms with van der Waals surface area (Å²) >= 11 is 0. The molecule has 5 aromatic carbocycles. The highest BCUT2D eigenvalue weighted by Gasteiger charge is 2.27. The van der Waals surface area contributed by atoms with Crippen molar-refractivity contribution < 1.29 is 4.42 Å². The van der Waals surface area contributed by atoms with Crippen LogP contribution in [0.1, 0.15) is 88.8 Å². The van der Waals surface area contributed by atoms with Crippen molar-refractivity contribution in [3.8, 4) is 0 Å². The molecule has 2 aliphatic rings. The summed E-state index contributed by atoms with van der Waals surface area (Å²) < 4.78 is 6.44. The topological polar surface area (TPSA) is 16.4 Å². The largest absolute Gasteiger partial charge is 0.456 e. The first kappa shape index (κ1) is 29.8. The van der Waals surface area contributed by atoms with Crippen molar-refractivity contribution in [1.29, 1.82) is 0 Å². The van der Waals surface area contributed by atoms with Crippen molar-refractivity contribution in [3.63, 3.8) is 0 Å². The highest BCUT2D eigenvalue weighted by atomic mass is 16.3. The lowest BCUT2D eigenvalue weighted by molar-refractivity contribution is 0.445. The summed E-state index contributed by atoms with van der Waals surface area (Å²) in [6.07, 6.45) is 12.6. The third kappa shape index (κ3) is 5.48. The van der Waals surface area contributed by atoms with Gasteiger partial charge in [0.1, 0.15) is 11.2 Å². The molecule has 2 nitrogen and oxygen atoms in total. The molecule has 2 aliphatic carbocycles. The van der Waals surface area contributed by atoms with Crippen LogP contribution in [0, 0.1) is 5.92 Å². The minimum Gasteiger partial charge on any atom is -0.456 e. The number of furan rings is 1. The van der Waals surface area contributed by atoms with Crippen molar-refractivity contribution in [2.75, 3.05) is 4.90 Å². The maximum atomic E-state index is 6.44. The summed E-state index contributed by atoms with van der Waals surface area (Å²) in [5.41, 5.74) is 11.0. The Morgan fingerprint density at radius 1 is 0.702 bits per heavy atom. The van der Waals surface area contributed by atoms with E-state index in [0.717, 1.165) is 39.7 Å². The molecule has 6 aromatic rings. The van der Waals surface area contributed by atoms with Gasteiger partial charge in [-0.3, -0.25) is 0 Å². The second kappa shape index (κ2) is 11.9. The highest BCUT2D eigenvalue weighted by molar-refractivity contribution is 6.07. The average Bonchev–Trinajstić information content (AvgIpc) is 3.47. The fourth-order valence-corrected chi connectivity index (χ4v) is 8.02. The minimum atomic E-state index is 0.0830. The molecule has 0 radical (unpaired) electrons. The van der Waals surface area contributed by atoms with Gasteiger partial charge >= 0.3 is 0 Å². The van der Waals surface area contributed by atoms with Crippen LogP contribution in [0.5, 0.6) is 0 Å². The van der Waals surface area contributed by atoms with Crippen molar-refractivity contribution in [3.05, 3.63) is 138 Å². The zero-order valence-corrected chi connectivity index (χ0v) is 28.2. The van der Waals surface area contributed by atoms with Crippen LogP contribution < -0.4 is 4.90 Å². The molecule has 1 fully saturated rings. The Morgan fingerprint density at radius 3 is 2.21 bits per heavy atom. The Morgan fingerprint density at radius 2 is 1.43 bits per heavy atom. The molecule has 47 heavy (non-hydrogen) atoms. The van der Waals surface area contributed by atoms with Gasteiger partial charge in [0, 0.05) is 39.5 Å². The number of anilines is 2. The quantitative estimate of drug-likeness (QED) is 0.192. The fourth-order valence-electron chi connectivity index (χ4n) is 8.02. The molecular formula is C45H45NO. The van der Waals surface area contributed by atoms with Crippen LogP contribution in [0.2, 0.25) is 0 Å². The molecular weight excluding hydrogens is 571 g/mol. The van der Waals surface area contributed by atoms with E-state index < -0.39 is 0 Å². The number of para-hydroxylation sites is 1. The van der Waals surface area contributed by atoms with E-state index >= 15 is 0 Å². The van der Waals surface area contributed by atoms with Crippen molar-refractivity contribution in [1.82, 2.24) is 0 Å². The Balaban J connectivity index is 1.32. The Bertz CT molecular complexity index is 2140. The van der Waals surface area contributed by atoms with Crippen molar-refractivity contribution in [2.45, 2.75) is 77.6 Å². The number of rotatable bonds is 5. The predicted molar refractivity (Wildman–Crippen MR) is 201 cm³/mol. The van der Waals surface area contributed by atoms with E-state index in [9.17, 15) is 0 Å². The number of fused-ring (bicyclic) bond motifs is 4. The maximum Gasteiger partial charge on any atom is 0.137 e. The first-order valence-corrected chi connectivity index (χ1v) is 17.6. The molecule has 1 heterocycles. The third-order valence-electron chi connectivity index (χ3n) is 10.5. The maximum absolute atomic E-state index is 6.44. The van der Waals surface area contributed by atoms with Gasteiger partial charge in [-0.2, -0.15) is 0 Å². The zero-order valence-electron chi connectivity index (χ0n) is 28.2.